The van der Waals surface area contributed by atoms with Gasteiger partial charge < -0.3 is 5.11 Å². The molecule has 1 heterocycles. The molecule has 0 unspecified atom stereocenters. The van der Waals surface area contributed by atoms with Crippen molar-refractivity contribution in [2.45, 2.75) is 50.9 Å². The van der Waals surface area contributed by atoms with Gasteiger partial charge in [0, 0.05) is 16.3 Å². The molecule has 25 heavy (non-hydrogen) atoms. The number of carbonyl (C=O) groups is 1. The molecule has 3 rings (SSSR count). The third-order valence-corrected chi connectivity index (χ3v) is 5.30. The number of alkyl halides is 3. The SMILES string of the molecule is Cc1ccc(C(=O)N2N=C3CCCCC[C@H]3[C@@]2(O)C(F)(F)F)cc1Cl. The van der Waals surface area contributed by atoms with Crippen LogP contribution in [0.15, 0.2) is 23.3 Å². The Hall–Kier alpha value is -1.60. The van der Waals surface area contributed by atoms with Crippen molar-refractivity contribution in [3.05, 3.63) is 34.3 Å². The molecular formula is C17H18ClF3N2O2. The summed E-state index contributed by atoms with van der Waals surface area (Å²) < 4.78 is 41.3. The molecule has 0 spiro atoms. The molecule has 2 aliphatic rings. The Bertz CT molecular complexity index is 735. The summed E-state index contributed by atoms with van der Waals surface area (Å²) in [4.78, 5) is 12.7. The molecule has 0 aromatic heterocycles. The molecule has 2 atom stereocenters. The first-order chi connectivity index (χ1) is 11.7. The maximum atomic E-state index is 13.8. The van der Waals surface area contributed by atoms with Gasteiger partial charge in [0.05, 0.1) is 5.92 Å². The first-order valence-corrected chi connectivity index (χ1v) is 8.51. The molecule has 0 bridgehead atoms. The average molecular weight is 375 g/mol. The third-order valence-electron chi connectivity index (χ3n) is 4.89. The van der Waals surface area contributed by atoms with Crippen molar-refractivity contribution in [1.82, 2.24) is 5.01 Å². The lowest BCUT2D eigenvalue weighted by atomic mass is 9.87. The van der Waals surface area contributed by atoms with E-state index in [-0.39, 0.29) is 27.7 Å². The Morgan fingerprint density at radius 3 is 2.72 bits per heavy atom. The maximum absolute atomic E-state index is 13.8. The van der Waals surface area contributed by atoms with Gasteiger partial charge in [-0.1, -0.05) is 30.5 Å². The predicted octanol–water partition coefficient (Wildman–Crippen LogP) is 4.29. The van der Waals surface area contributed by atoms with Gasteiger partial charge in [0.25, 0.3) is 11.6 Å². The number of hydrazone groups is 1. The lowest BCUT2D eigenvalue weighted by Gasteiger charge is -2.37. The van der Waals surface area contributed by atoms with Crippen molar-refractivity contribution in [3.63, 3.8) is 0 Å². The number of hydrogen-bond acceptors (Lipinski definition) is 3. The molecular weight excluding hydrogens is 357 g/mol. The highest BCUT2D eigenvalue weighted by atomic mass is 35.5. The standard InChI is InChI=1S/C17H18ClF3N2O2/c1-10-7-8-11(9-13(10)18)15(24)23-16(25,17(19,20)21)12-5-3-2-4-6-14(12)22-23/h7-9,12,25H,2-6H2,1H3/t12-,16-/m1/s1. The molecule has 1 aromatic rings. The Morgan fingerprint density at radius 2 is 2.08 bits per heavy atom. The molecule has 0 radical (unpaired) electrons. The van der Waals surface area contributed by atoms with Crippen molar-refractivity contribution in [3.8, 4) is 0 Å². The van der Waals surface area contributed by atoms with E-state index in [1.54, 1.807) is 13.0 Å². The highest BCUT2D eigenvalue weighted by Crippen LogP contribution is 2.48. The largest absolute Gasteiger partial charge is 0.439 e. The van der Waals surface area contributed by atoms with Crippen molar-refractivity contribution in [2.75, 3.05) is 0 Å². The zero-order valence-electron chi connectivity index (χ0n) is 13.6. The quantitative estimate of drug-likeness (QED) is 0.797. The second-order valence-corrected chi connectivity index (χ2v) is 6.96. The predicted molar refractivity (Wildman–Crippen MR) is 87.4 cm³/mol. The van der Waals surface area contributed by atoms with E-state index < -0.39 is 23.7 Å². The normalized spacial score (nSPS) is 26.9. The minimum atomic E-state index is -5.02. The van der Waals surface area contributed by atoms with Crippen molar-refractivity contribution in [2.24, 2.45) is 11.0 Å². The van der Waals surface area contributed by atoms with Gasteiger partial charge in [-0.05, 0) is 43.9 Å². The summed E-state index contributed by atoms with van der Waals surface area (Å²) in [5.74, 6) is -2.23. The number of amides is 1. The second-order valence-electron chi connectivity index (χ2n) is 6.55. The first-order valence-electron chi connectivity index (χ1n) is 8.13. The van der Waals surface area contributed by atoms with Crippen LogP contribution in [-0.4, -0.2) is 33.6 Å². The van der Waals surface area contributed by atoms with Crippen molar-refractivity contribution < 1.29 is 23.1 Å². The molecule has 8 heteroatoms. The molecule has 0 saturated heterocycles. The highest BCUT2D eigenvalue weighted by molar-refractivity contribution is 6.31. The number of rotatable bonds is 1. The number of nitrogens with zero attached hydrogens (tertiary/aromatic N) is 2. The number of carbonyl (C=O) groups excluding carboxylic acids is 1. The maximum Gasteiger partial charge on any atom is 0.439 e. The topological polar surface area (TPSA) is 52.9 Å². The van der Waals surface area contributed by atoms with Gasteiger partial charge in [0.15, 0.2) is 0 Å². The first kappa shape index (κ1) is 18.2. The monoisotopic (exact) mass is 374 g/mol. The zero-order chi connectivity index (χ0) is 18.4. The van der Waals surface area contributed by atoms with E-state index in [1.165, 1.54) is 12.1 Å². The summed E-state index contributed by atoms with van der Waals surface area (Å²) in [7, 11) is 0. The molecule has 136 valence electrons. The van der Waals surface area contributed by atoms with Gasteiger partial charge in [-0.15, -0.1) is 0 Å². The van der Waals surface area contributed by atoms with Crippen LogP contribution in [0.1, 0.15) is 48.0 Å². The van der Waals surface area contributed by atoms with Gasteiger partial charge in [0.1, 0.15) is 0 Å². The molecule has 1 amide bonds. The van der Waals surface area contributed by atoms with Crippen LogP contribution < -0.4 is 0 Å². The Labute approximate surface area is 148 Å². The summed E-state index contributed by atoms with van der Waals surface area (Å²) in [5.41, 5.74) is -2.42. The van der Waals surface area contributed by atoms with Crippen LogP contribution in [0.5, 0.6) is 0 Å². The van der Waals surface area contributed by atoms with Crippen LogP contribution in [0, 0.1) is 12.8 Å². The van der Waals surface area contributed by atoms with E-state index in [4.69, 9.17) is 11.6 Å². The zero-order valence-corrected chi connectivity index (χ0v) is 14.4. The van der Waals surface area contributed by atoms with Gasteiger partial charge >= 0.3 is 6.18 Å². The number of aliphatic hydroxyl groups is 1. The van der Waals surface area contributed by atoms with Gasteiger partial charge in [0.2, 0.25) is 0 Å². The fourth-order valence-electron chi connectivity index (χ4n) is 3.44. The van der Waals surface area contributed by atoms with E-state index in [2.05, 4.69) is 5.10 Å². The van der Waals surface area contributed by atoms with Crippen LogP contribution >= 0.6 is 11.6 Å². The minimum absolute atomic E-state index is 0.0425. The van der Waals surface area contributed by atoms with Crippen LogP contribution in [-0.2, 0) is 0 Å². The van der Waals surface area contributed by atoms with E-state index in [0.29, 0.717) is 24.8 Å². The summed E-state index contributed by atoms with van der Waals surface area (Å²) in [6.07, 6.45) is -2.49. The number of hydrogen-bond donors (Lipinski definition) is 1. The lowest BCUT2D eigenvalue weighted by Crippen LogP contribution is -2.61. The second kappa shape index (κ2) is 6.29. The molecule has 1 saturated carbocycles. The fourth-order valence-corrected chi connectivity index (χ4v) is 3.62. The lowest BCUT2D eigenvalue weighted by molar-refractivity contribution is -0.312. The molecule has 1 N–H and O–H groups in total. The van der Waals surface area contributed by atoms with Crippen LogP contribution in [0.3, 0.4) is 0 Å². The number of halogens is 4. The van der Waals surface area contributed by atoms with Gasteiger partial charge in [-0.3, -0.25) is 4.79 Å². The molecule has 4 nitrogen and oxygen atoms in total. The summed E-state index contributed by atoms with van der Waals surface area (Å²) >= 11 is 5.98. The summed E-state index contributed by atoms with van der Waals surface area (Å²) in [6, 6.07) is 4.22. The summed E-state index contributed by atoms with van der Waals surface area (Å²) in [5, 5.41) is 15.0. The number of aryl methyl sites for hydroxylation is 1. The van der Waals surface area contributed by atoms with Gasteiger partial charge in [-0.25, -0.2) is 0 Å². The number of benzene rings is 1. The Balaban J connectivity index is 2.05. The smallest absolute Gasteiger partial charge is 0.362 e. The average Bonchev–Trinajstić information content (AvgIpc) is 2.70. The van der Waals surface area contributed by atoms with Crippen molar-refractivity contribution in [1.29, 1.82) is 0 Å². The number of fused-ring (bicyclic) bond motifs is 1. The molecule has 1 aliphatic heterocycles. The molecule has 1 fully saturated rings. The highest BCUT2D eigenvalue weighted by Gasteiger charge is 2.68. The summed E-state index contributed by atoms with van der Waals surface area (Å²) in [6.45, 7) is 1.72. The molecule has 1 aromatic carbocycles. The Kier molecular flexibility index (Phi) is 4.58. The molecule has 1 aliphatic carbocycles. The van der Waals surface area contributed by atoms with Gasteiger partial charge in [-0.2, -0.15) is 23.3 Å². The minimum Gasteiger partial charge on any atom is -0.362 e. The van der Waals surface area contributed by atoms with E-state index >= 15 is 0 Å². The fraction of sp³-hybridized carbons (Fsp3) is 0.529. The van der Waals surface area contributed by atoms with E-state index in [0.717, 1.165) is 6.42 Å². The van der Waals surface area contributed by atoms with E-state index in [9.17, 15) is 23.1 Å². The Morgan fingerprint density at radius 1 is 1.36 bits per heavy atom. The van der Waals surface area contributed by atoms with Crippen molar-refractivity contribution >= 4 is 23.2 Å². The third kappa shape index (κ3) is 2.93. The van der Waals surface area contributed by atoms with E-state index in [1.807, 2.05) is 0 Å². The van der Waals surface area contributed by atoms with Crippen LogP contribution in [0.4, 0.5) is 13.2 Å². The van der Waals surface area contributed by atoms with Crippen LogP contribution in [0.2, 0.25) is 5.02 Å². The van der Waals surface area contributed by atoms with Crippen LogP contribution in [0.25, 0.3) is 0 Å².